The molecule has 13 nitrogen and oxygen atoms in total. The third-order valence-electron chi connectivity index (χ3n) is 8.56. The van der Waals surface area contributed by atoms with Crippen LogP contribution in [0.25, 0.3) is 0 Å². The summed E-state index contributed by atoms with van der Waals surface area (Å²) in [4.78, 5) is 39.5. The molecule has 3 amide bonds. The molecule has 2 fully saturated rings. The summed E-state index contributed by atoms with van der Waals surface area (Å²) < 4.78 is 0. The van der Waals surface area contributed by atoms with Crippen molar-refractivity contribution in [2.24, 2.45) is 21.8 Å². The van der Waals surface area contributed by atoms with Crippen molar-refractivity contribution in [2.75, 3.05) is 59.5 Å². The van der Waals surface area contributed by atoms with Crippen LogP contribution in [0.5, 0.6) is 0 Å². The van der Waals surface area contributed by atoms with Gasteiger partial charge in [-0.3, -0.25) is 10.2 Å². The van der Waals surface area contributed by atoms with Crippen molar-refractivity contribution < 1.29 is 19.6 Å². The molecule has 0 radical (unpaired) electrons. The normalized spacial score (nSPS) is 17.3. The highest BCUT2D eigenvalue weighted by Crippen LogP contribution is 2.31. The highest BCUT2D eigenvalue weighted by Gasteiger charge is 2.34. The average molecular weight is 758 g/mol. The zero-order valence-electron chi connectivity index (χ0n) is 27.1. The van der Waals surface area contributed by atoms with E-state index in [1.54, 1.807) is 42.3 Å². The number of rotatable bonds is 14. The van der Waals surface area contributed by atoms with Gasteiger partial charge in [0.15, 0.2) is 12.4 Å². The molecule has 49 heavy (non-hydrogen) atoms. The van der Waals surface area contributed by atoms with Crippen LogP contribution in [0.4, 0.5) is 4.79 Å². The first-order valence-electron chi connectivity index (χ1n) is 15.8. The van der Waals surface area contributed by atoms with Crippen LogP contribution in [0.15, 0.2) is 46.7 Å². The summed E-state index contributed by atoms with van der Waals surface area (Å²) in [5, 5.41) is 25.4. The van der Waals surface area contributed by atoms with Gasteiger partial charge < -0.3 is 41.1 Å². The van der Waals surface area contributed by atoms with E-state index in [1.165, 1.54) is 4.90 Å². The van der Waals surface area contributed by atoms with Gasteiger partial charge in [-0.15, -0.1) is 0 Å². The molecule has 2 aliphatic rings. The fourth-order valence-corrected chi connectivity index (χ4v) is 6.97. The second-order valence-electron chi connectivity index (χ2n) is 12.1. The Morgan fingerprint density at radius 1 is 1.06 bits per heavy atom. The first-order valence-corrected chi connectivity index (χ1v) is 17.3. The van der Waals surface area contributed by atoms with Crippen molar-refractivity contribution in [1.82, 2.24) is 19.6 Å². The molecular formula is C32H41Cl4N9O4. The molecular weight excluding hydrogens is 716 g/mol. The van der Waals surface area contributed by atoms with Gasteiger partial charge in [0.25, 0.3) is 5.91 Å². The summed E-state index contributed by atoms with van der Waals surface area (Å²) in [6.45, 7) is 3.39. The fraction of sp³-hybridized carbons (Fsp3) is 0.469. The molecule has 2 heterocycles. The highest BCUT2D eigenvalue weighted by atomic mass is 35.5. The molecule has 2 aromatic carbocycles. The number of nitrogens with two attached hydrogens (primary N) is 2. The Morgan fingerprint density at radius 3 is 2.39 bits per heavy atom. The first kappa shape index (κ1) is 38.3. The van der Waals surface area contributed by atoms with Gasteiger partial charge in [0.1, 0.15) is 5.84 Å². The monoisotopic (exact) mass is 755 g/mol. The van der Waals surface area contributed by atoms with E-state index in [9.17, 15) is 9.59 Å². The van der Waals surface area contributed by atoms with Crippen LogP contribution < -0.4 is 11.5 Å². The van der Waals surface area contributed by atoms with Crippen LogP contribution >= 0.6 is 46.4 Å². The molecule has 0 unspecified atom stereocenters. The van der Waals surface area contributed by atoms with Crippen LogP contribution in [0, 0.1) is 5.41 Å². The lowest BCUT2D eigenvalue weighted by atomic mass is 9.89. The fourth-order valence-electron chi connectivity index (χ4n) is 6.14. The minimum Gasteiger partial charge on any atom is -0.409 e. The summed E-state index contributed by atoms with van der Waals surface area (Å²) in [5.41, 5.74) is 12.9. The minimum atomic E-state index is -0.353. The Hall–Kier alpha value is -3.49. The number of likely N-dealkylation sites (tertiary alicyclic amines) is 1. The number of carbonyl (C=O) groups is 2. The SMILES string of the molecule is CN(C/C(=N\OCC(=N)N)[C@H](CCN1CCC(N2CCCN(C/C(N)=N/O)C2=O)CC1)c1ccc(Cl)c(Cl)c1)C(=O)c1cc(Cl)cc(Cl)c1. The standard InChI is InChI=1S/C32H41Cl4N9O4/c1-42(31(46)21-13-22(33)16-23(34)14-21)17-28(41-49-19-29(37)38)25(20-3-4-26(35)27(36)15-20)7-12-43-10-5-24(6-11-43)45-9-2-8-44(32(45)47)18-30(39)40-48/h3-4,13-16,24-25,48H,2,5-12,17-19H2,1H3,(H3,37,38)(H2,39,40)/b41-28+/t25-/m1/s1. The van der Waals surface area contributed by atoms with E-state index in [0.29, 0.717) is 57.4 Å². The molecule has 0 aromatic heterocycles. The predicted octanol–water partition coefficient (Wildman–Crippen LogP) is 5.19. The number of benzene rings is 2. The Kier molecular flexibility index (Phi) is 14.0. The molecule has 2 saturated heterocycles. The molecule has 0 aliphatic carbocycles. The molecule has 6 N–H and O–H groups in total. The number of carbonyl (C=O) groups excluding carboxylic acids is 2. The quantitative estimate of drug-likeness (QED) is 0.0887. The number of amidine groups is 2. The summed E-state index contributed by atoms with van der Waals surface area (Å²) >= 11 is 25.1. The maximum absolute atomic E-state index is 13.5. The number of halogens is 4. The Labute approximate surface area is 305 Å². The van der Waals surface area contributed by atoms with E-state index in [1.807, 2.05) is 11.0 Å². The summed E-state index contributed by atoms with van der Waals surface area (Å²) in [6, 6.07) is 9.99. The largest absolute Gasteiger partial charge is 0.409 e. The van der Waals surface area contributed by atoms with E-state index in [4.69, 9.17) is 73.3 Å². The van der Waals surface area contributed by atoms with Gasteiger partial charge >= 0.3 is 6.03 Å². The van der Waals surface area contributed by atoms with Crippen molar-refractivity contribution in [3.63, 3.8) is 0 Å². The third kappa shape index (κ3) is 10.7. The lowest BCUT2D eigenvalue weighted by Crippen LogP contribution is -2.57. The molecule has 0 saturated carbocycles. The molecule has 1 atom stereocenters. The summed E-state index contributed by atoms with van der Waals surface area (Å²) in [7, 11) is 1.64. The Bertz CT molecular complexity index is 1550. The molecule has 17 heteroatoms. The smallest absolute Gasteiger partial charge is 0.320 e. The highest BCUT2D eigenvalue weighted by molar-refractivity contribution is 6.42. The van der Waals surface area contributed by atoms with Gasteiger partial charge in [0.2, 0.25) is 0 Å². The molecule has 266 valence electrons. The van der Waals surface area contributed by atoms with Crippen molar-refractivity contribution in [1.29, 1.82) is 5.41 Å². The average Bonchev–Trinajstić information content (AvgIpc) is 3.06. The van der Waals surface area contributed by atoms with Crippen LogP contribution in [0.2, 0.25) is 20.1 Å². The van der Waals surface area contributed by atoms with Gasteiger partial charge in [0, 0.05) is 60.8 Å². The van der Waals surface area contributed by atoms with Crippen LogP contribution in [-0.2, 0) is 4.84 Å². The van der Waals surface area contributed by atoms with E-state index in [-0.39, 0.29) is 55.3 Å². The Morgan fingerprint density at radius 2 is 1.76 bits per heavy atom. The molecule has 4 rings (SSSR count). The van der Waals surface area contributed by atoms with Gasteiger partial charge in [-0.2, -0.15) is 0 Å². The van der Waals surface area contributed by atoms with E-state index >= 15 is 0 Å². The number of urea groups is 1. The third-order valence-corrected chi connectivity index (χ3v) is 9.74. The number of nitrogens with one attached hydrogen (secondary N) is 1. The van der Waals surface area contributed by atoms with Crippen molar-refractivity contribution in [2.45, 2.75) is 37.6 Å². The second kappa shape index (κ2) is 18.0. The van der Waals surface area contributed by atoms with Gasteiger partial charge in [-0.1, -0.05) is 62.8 Å². The van der Waals surface area contributed by atoms with E-state index < -0.39 is 0 Å². The maximum atomic E-state index is 13.5. The van der Waals surface area contributed by atoms with Gasteiger partial charge in [0.05, 0.1) is 28.8 Å². The Balaban J connectivity index is 1.50. The molecule has 2 aromatic rings. The van der Waals surface area contributed by atoms with Crippen LogP contribution in [0.1, 0.15) is 47.5 Å². The summed E-state index contributed by atoms with van der Waals surface area (Å²) in [6.07, 6.45) is 2.99. The zero-order valence-corrected chi connectivity index (χ0v) is 30.1. The van der Waals surface area contributed by atoms with E-state index in [0.717, 1.165) is 37.9 Å². The number of oxime groups is 2. The second-order valence-corrected chi connectivity index (χ2v) is 13.8. The number of hydrogen-bond donors (Lipinski definition) is 4. The summed E-state index contributed by atoms with van der Waals surface area (Å²) in [5.74, 6) is -0.875. The van der Waals surface area contributed by atoms with Crippen molar-refractivity contribution >= 4 is 75.7 Å². The van der Waals surface area contributed by atoms with Gasteiger partial charge in [-0.25, -0.2) is 4.79 Å². The molecule has 0 spiro atoms. The number of nitrogens with zero attached hydrogens (tertiary/aromatic N) is 6. The topological polar surface area (TPSA) is 177 Å². The lowest BCUT2D eigenvalue weighted by Gasteiger charge is -2.43. The van der Waals surface area contributed by atoms with Crippen molar-refractivity contribution in [3.8, 4) is 0 Å². The first-order chi connectivity index (χ1) is 23.4. The van der Waals surface area contributed by atoms with Crippen LogP contribution in [-0.4, -0.2) is 120 Å². The number of amides is 3. The van der Waals surface area contributed by atoms with Crippen molar-refractivity contribution in [3.05, 3.63) is 67.6 Å². The predicted molar refractivity (Wildman–Crippen MR) is 194 cm³/mol. The number of piperidine rings is 1. The van der Waals surface area contributed by atoms with E-state index in [2.05, 4.69) is 15.2 Å². The zero-order chi connectivity index (χ0) is 35.7. The van der Waals surface area contributed by atoms with Gasteiger partial charge in [-0.05, 0) is 68.1 Å². The minimum absolute atomic E-state index is 0.000528. The number of hydrogen-bond acceptors (Lipinski definition) is 8. The molecule has 0 bridgehead atoms. The molecule has 2 aliphatic heterocycles. The van der Waals surface area contributed by atoms with Crippen LogP contribution in [0.3, 0.4) is 0 Å². The lowest BCUT2D eigenvalue weighted by molar-refractivity contribution is 0.0811. The maximum Gasteiger partial charge on any atom is 0.320 e.